The first-order valence-electron chi connectivity index (χ1n) is 10.3. The number of fused-ring (bicyclic) bond motifs is 5. The third-order valence-electron chi connectivity index (χ3n) is 7.41. The fraction of sp³-hybridized carbons (Fsp3) is 0.762. The van der Waals surface area contributed by atoms with Crippen LogP contribution in [0.25, 0.3) is 0 Å². The minimum Gasteiger partial charge on any atom is -0.468 e. The molecule has 3 unspecified atom stereocenters. The molecule has 0 aromatic rings. The molecule has 7 nitrogen and oxygen atoms in total. The van der Waals surface area contributed by atoms with Gasteiger partial charge in [0.15, 0.2) is 11.6 Å². The number of Topliss-reactive ketones (excluding diaryl/α,β-unsaturated/α-hetero) is 2. The molecule has 6 atom stereocenters. The van der Waals surface area contributed by atoms with E-state index in [1.807, 2.05) is 0 Å². The van der Waals surface area contributed by atoms with E-state index >= 15 is 0 Å². The Balaban J connectivity index is 1.58. The number of hydrogen-bond donors (Lipinski definition) is 0. The summed E-state index contributed by atoms with van der Waals surface area (Å²) in [5, 5.41) is 0. The molecule has 0 bridgehead atoms. The average Bonchev–Trinajstić information content (AvgIpc) is 3.17. The topological polar surface area (TPSA) is 88.1 Å². The van der Waals surface area contributed by atoms with Crippen LogP contribution in [-0.2, 0) is 33.3 Å². The van der Waals surface area contributed by atoms with Crippen molar-refractivity contribution >= 4 is 17.5 Å². The van der Waals surface area contributed by atoms with Crippen molar-refractivity contribution in [3.05, 3.63) is 11.8 Å². The summed E-state index contributed by atoms with van der Waals surface area (Å²) >= 11 is 0. The molecule has 2 heterocycles. The van der Waals surface area contributed by atoms with Gasteiger partial charge in [0.25, 0.3) is 0 Å². The molecule has 0 N–H and O–H groups in total. The monoisotopic (exact) mass is 390 g/mol. The van der Waals surface area contributed by atoms with Gasteiger partial charge in [-0.05, 0) is 18.9 Å². The van der Waals surface area contributed by atoms with Crippen LogP contribution in [0.4, 0.5) is 0 Å². The Hall–Kier alpha value is -1.73. The molecule has 2 aliphatic heterocycles. The van der Waals surface area contributed by atoms with Crippen molar-refractivity contribution in [2.75, 3.05) is 7.11 Å². The van der Waals surface area contributed by atoms with Crippen LogP contribution in [0.1, 0.15) is 51.9 Å². The number of methoxy groups -OCH3 is 1. The Bertz CT molecular complexity index is 755. The number of carbonyl (C=O) groups excluding carboxylic acids is 3. The third-order valence-corrected chi connectivity index (χ3v) is 7.41. The van der Waals surface area contributed by atoms with Crippen LogP contribution < -0.4 is 0 Å². The van der Waals surface area contributed by atoms with Gasteiger partial charge in [-0.25, -0.2) is 0 Å². The van der Waals surface area contributed by atoms with E-state index in [0.717, 1.165) is 32.1 Å². The molecule has 0 amide bonds. The summed E-state index contributed by atoms with van der Waals surface area (Å²) in [5.74, 6) is -2.81. The average molecular weight is 390 g/mol. The lowest BCUT2D eigenvalue weighted by atomic mass is 9.52. The van der Waals surface area contributed by atoms with E-state index in [1.54, 1.807) is 13.0 Å². The molecule has 4 fully saturated rings. The summed E-state index contributed by atoms with van der Waals surface area (Å²) < 4.78 is 23.7. The minimum atomic E-state index is -1.50. The SMILES string of the molecule is COC(=O)[C@@]12C(=O)CCC(=O)C1C1C(=CC2C)O[C@@H]2OC3(CCCCC3)O[C@H]12. The van der Waals surface area contributed by atoms with E-state index in [0.29, 0.717) is 5.76 Å². The molecule has 2 saturated carbocycles. The summed E-state index contributed by atoms with van der Waals surface area (Å²) in [6.45, 7) is 1.78. The van der Waals surface area contributed by atoms with Crippen molar-refractivity contribution in [2.45, 2.75) is 70.1 Å². The van der Waals surface area contributed by atoms with Crippen LogP contribution >= 0.6 is 0 Å². The van der Waals surface area contributed by atoms with E-state index in [4.69, 9.17) is 18.9 Å². The number of rotatable bonds is 1. The number of ether oxygens (including phenoxy) is 4. The summed E-state index contributed by atoms with van der Waals surface area (Å²) in [5.41, 5.74) is -1.50. The van der Waals surface area contributed by atoms with Crippen molar-refractivity contribution in [1.29, 1.82) is 0 Å². The molecule has 28 heavy (non-hydrogen) atoms. The zero-order valence-electron chi connectivity index (χ0n) is 16.3. The van der Waals surface area contributed by atoms with Crippen LogP contribution in [0, 0.1) is 23.2 Å². The highest BCUT2D eigenvalue weighted by atomic mass is 16.8. The molecule has 3 aliphatic carbocycles. The smallest absolute Gasteiger partial charge is 0.320 e. The van der Waals surface area contributed by atoms with Gasteiger partial charge in [0, 0.05) is 31.6 Å². The quantitative estimate of drug-likeness (QED) is 0.501. The highest BCUT2D eigenvalue weighted by Gasteiger charge is 2.70. The number of hydrogen-bond acceptors (Lipinski definition) is 7. The van der Waals surface area contributed by atoms with Gasteiger partial charge in [0.2, 0.25) is 6.29 Å². The predicted molar refractivity (Wildman–Crippen MR) is 94.6 cm³/mol. The van der Waals surface area contributed by atoms with Crippen molar-refractivity contribution in [2.24, 2.45) is 23.2 Å². The van der Waals surface area contributed by atoms with Crippen LogP contribution in [0.15, 0.2) is 11.8 Å². The molecule has 0 aromatic heterocycles. The fourth-order valence-electron chi connectivity index (χ4n) is 6.17. The van der Waals surface area contributed by atoms with Crippen molar-refractivity contribution in [3.8, 4) is 0 Å². The third kappa shape index (κ3) is 2.20. The van der Waals surface area contributed by atoms with Gasteiger partial charge in [-0.2, -0.15) is 0 Å². The second kappa shape index (κ2) is 6.13. The van der Waals surface area contributed by atoms with E-state index in [9.17, 15) is 14.4 Å². The van der Waals surface area contributed by atoms with Gasteiger partial charge < -0.3 is 18.9 Å². The van der Waals surface area contributed by atoms with E-state index < -0.39 is 47.3 Å². The van der Waals surface area contributed by atoms with E-state index in [1.165, 1.54) is 7.11 Å². The maximum absolute atomic E-state index is 13.1. The lowest BCUT2D eigenvalue weighted by molar-refractivity contribution is -0.228. The second-order valence-corrected chi connectivity index (χ2v) is 8.77. The molecule has 152 valence electrons. The van der Waals surface area contributed by atoms with Crippen LogP contribution in [0.2, 0.25) is 0 Å². The van der Waals surface area contributed by atoms with Crippen molar-refractivity contribution < 1.29 is 33.3 Å². The van der Waals surface area contributed by atoms with Crippen LogP contribution in [0.5, 0.6) is 0 Å². The molecule has 7 heteroatoms. The lowest BCUT2D eigenvalue weighted by Gasteiger charge is -2.48. The number of esters is 1. The summed E-state index contributed by atoms with van der Waals surface area (Å²) in [6.07, 6.45) is 5.72. The highest BCUT2D eigenvalue weighted by molar-refractivity contribution is 6.12. The summed E-state index contributed by atoms with van der Waals surface area (Å²) in [7, 11) is 1.27. The van der Waals surface area contributed by atoms with Crippen molar-refractivity contribution in [1.82, 2.24) is 0 Å². The van der Waals surface area contributed by atoms with Crippen LogP contribution in [-0.4, -0.2) is 42.8 Å². The molecular formula is C21H26O7. The number of carbonyl (C=O) groups is 3. The highest BCUT2D eigenvalue weighted by Crippen LogP contribution is 2.59. The largest absolute Gasteiger partial charge is 0.468 e. The Morgan fingerprint density at radius 3 is 2.61 bits per heavy atom. The number of ketones is 2. The molecule has 2 saturated heterocycles. The van der Waals surface area contributed by atoms with E-state index in [-0.39, 0.29) is 24.4 Å². The first-order valence-corrected chi connectivity index (χ1v) is 10.3. The summed E-state index contributed by atoms with van der Waals surface area (Å²) in [4.78, 5) is 39.1. The lowest BCUT2D eigenvalue weighted by Crippen LogP contribution is -2.61. The Morgan fingerprint density at radius 1 is 1.14 bits per heavy atom. The summed E-state index contributed by atoms with van der Waals surface area (Å²) in [6, 6.07) is 0. The van der Waals surface area contributed by atoms with Gasteiger partial charge in [0.05, 0.1) is 18.9 Å². The standard InChI is InChI=1S/C21H26O7/c1-11-10-13-15(16-12(22)6-7-14(23)21(11,16)19(24)25-2)17-18(26-13)28-20(27-17)8-4-3-5-9-20/h10-11,15-18H,3-9H2,1-2H3/t11?,15?,16?,17-,18-,21+/m1/s1. The molecular weight excluding hydrogens is 364 g/mol. The predicted octanol–water partition coefficient (Wildman–Crippen LogP) is 2.28. The Kier molecular flexibility index (Phi) is 4.01. The Labute approximate surface area is 163 Å². The van der Waals surface area contributed by atoms with E-state index in [2.05, 4.69) is 0 Å². The molecule has 0 radical (unpaired) electrons. The van der Waals surface area contributed by atoms with Gasteiger partial charge >= 0.3 is 5.97 Å². The van der Waals surface area contributed by atoms with Gasteiger partial charge in [-0.15, -0.1) is 0 Å². The molecule has 1 spiro atoms. The number of allylic oxidation sites excluding steroid dienone is 1. The van der Waals surface area contributed by atoms with Gasteiger partial charge in [-0.1, -0.05) is 13.3 Å². The Morgan fingerprint density at radius 2 is 1.89 bits per heavy atom. The maximum Gasteiger partial charge on any atom is 0.320 e. The first-order chi connectivity index (χ1) is 13.4. The zero-order chi connectivity index (χ0) is 19.7. The normalized spacial score (nSPS) is 43.6. The maximum atomic E-state index is 13.1. The van der Waals surface area contributed by atoms with Gasteiger partial charge in [0.1, 0.15) is 23.1 Å². The molecule has 0 aromatic carbocycles. The second-order valence-electron chi connectivity index (χ2n) is 8.77. The molecule has 5 rings (SSSR count). The van der Waals surface area contributed by atoms with Crippen LogP contribution in [0.3, 0.4) is 0 Å². The minimum absolute atomic E-state index is 0.0704. The van der Waals surface area contributed by atoms with Gasteiger partial charge in [-0.3, -0.25) is 14.4 Å². The zero-order valence-corrected chi connectivity index (χ0v) is 16.3. The molecule has 5 aliphatic rings. The van der Waals surface area contributed by atoms with Crippen molar-refractivity contribution in [3.63, 3.8) is 0 Å². The fourth-order valence-corrected chi connectivity index (χ4v) is 6.17. The first kappa shape index (κ1) is 18.3.